The van der Waals surface area contributed by atoms with E-state index in [0.717, 1.165) is 25.3 Å². The van der Waals surface area contributed by atoms with Crippen LogP contribution in [0.25, 0.3) is 0 Å². The number of hydrogen-bond donors (Lipinski definition) is 2. The number of hydrogen-bond acceptors (Lipinski definition) is 3. The van der Waals surface area contributed by atoms with Crippen molar-refractivity contribution in [2.75, 3.05) is 13.1 Å². The quantitative estimate of drug-likeness (QED) is 0.891. The van der Waals surface area contributed by atoms with E-state index in [4.69, 9.17) is 0 Å². The van der Waals surface area contributed by atoms with Crippen molar-refractivity contribution in [3.8, 4) is 0 Å². The van der Waals surface area contributed by atoms with Gasteiger partial charge in [0.15, 0.2) is 0 Å². The van der Waals surface area contributed by atoms with Crippen molar-refractivity contribution in [1.29, 1.82) is 0 Å². The number of benzene rings is 2. The first-order valence-corrected chi connectivity index (χ1v) is 7.05. The van der Waals surface area contributed by atoms with Crippen molar-refractivity contribution in [3.63, 3.8) is 0 Å². The van der Waals surface area contributed by atoms with Crippen LogP contribution in [0.2, 0.25) is 0 Å². The zero-order valence-electron chi connectivity index (χ0n) is 11.4. The first-order chi connectivity index (χ1) is 9.93. The van der Waals surface area contributed by atoms with E-state index in [1.54, 1.807) is 0 Å². The van der Waals surface area contributed by atoms with Gasteiger partial charge in [0.05, 0.1) is 6.54 Å². The van der Waals surface area contributed by atoms with E-state index in [1.165, 1.54) is 11.1 Å². The van der Waals surface area contributed by atoms with Crippen LogP contribution >= 0.6 is 0 Å². The molecule has 102 valence electrons. The molecule has 1 aliphatic heterocycles. The Morgan fingerprint density at radius 2 is 1.50 bits per heavy atom. The molecule has 2 aromatic carbocycles. The summed E-state index contributed by atoms with van der Waals surface area (Å²) in [4.78, 5) is 4.56. The van der Waals surface area contributed by atoms with E-state index in [9.17, 15) is 0 Å². The molecule has 0 fully saturated rings. The van der Waals surface area contributed by atoms with Gasteiger partial charge in [0.25, 0.3) is 0 Å². The van der Waals surface area contributed by atoms with Crippen LogP contribution in [0.1, 0.15) is 23.5 Å². The third-order valence-corrected chi connectivity index (χ3v) is 3.57. The minimum Gasteiger partial charge on any atom is -0.310 e. The van der Waals surface area contributed by atoms with Gasteiger partial charge >= 0.3 is 0 Å². The molecule has 0 spiro atoms. The minimum atomic E-state index is 0.337. The highest BCUT2D eigenvalue weighted by molar-refractivity contribution is 5.83. The fourth-order valence-electron chi connectivity index (χ4n) is 2.56. The molecule has 2 N–H and O–H groups in total. The van der Waals surface area contributed by atoms with Gasteiger partial charge in [-0.1, -0.05) is 60.7 Å². The van der Waals surface area contributed by atoms with Crippen LogP contribution in [0.5, 0.6) is 0 Å². The molecular formula is C17H19N3. The highest BCUT2D eigenvalue weighted by Crippen LogP contribution is 2.28. The van der Waals surface area contributed by atoms with Crippen molar-refractivity contribution in [3.05, 3.63) is 71.8 Å². The van der Waals surface area contributed by atoms with Crippen LogP contribution in [0.15, 0.2) is 65.7 Å². The van der Waals surface area contributed by atoms with E-state index in [-0.39, 0.29) is 0 Å². The van der Waals surface area contributed by atoms with Crippen LogP contribution in [-0.2, 0) is 0 Å². The Morgan fingerprint density at radius 3 is 2.00 bits per heavy atom. The van der Waals surface area contributed by atoms with Gasteiger partial charge in [-0.05, 0) is 11.1 Å². The second-order valence-electron chi connectivity index (χ2n) is 4.96. The van der Waals surface area contributed by atoms with Crippen LogP contribution < -0.4 is 10.9 Å². The van der Waals surface area contributed by atoms with Gasteiger partial charge in [0.2, 0.25) is 0 Å². The number of amidine groups is 1. The third-order valence-electron chi connectivity index (χ3n) is 3.57. The summed E-state index contributed by atoms with van der Waals surface area (Å²) in [5, 5.41) is 0. The fraction of sp³-hybridized carbons (Fsp3) is 0.235. The maximum Gasteiger partial charge on any atom is 0.111 e. The van der Waals surface area contributed by atoms with Crippen molar-refractivity contribution >= 4 is 5.84 Å². The summed E-state index contributed by atoms with van der Waals surface area (Å²) in [6.45, 7) is 1.74. The zero-order valence-corrected chi connectivity index (χ0v) is 11.4. The molecule has 1 aliphatic rings. The second-order valence-corrected chi connectivity index (χ2v) is 4.96. The highest BCUT2D eigenvalue weighted by atomic mass is 15.4. The van der Waals surface area contributed by atoms with Gasteiger partial charge in [-0.15, -0.1) is 0 Å². The number of rotatable bonds is 4. The Labute approximate surface area is 119 Å². The molecule has 2 aromatic rings. The Kier molecular flexibility index (Phi) is 4.09. The number of hydrazine groups is 1. The summed E-state index contributed by atoms with van der Waals surface area (Å²) in [7, 11) is 0. The molecule has 0 unspecified atom stereocenters. The number of aliphatic imine (C=N–C) groups is 1. The molecular weight excluding hydrogens is 246 g/mol. The lowest BCUT2D eigenvalue weighted by Crippen LogP contribution is -2.43. The molecule has 0 saturated carbocycles. The first kappa shape index (κ1) is 12.9. The molecule has 0 amide bonds. The lowest BCUT2D eigenvalue weighted by molar-refractivity contribution is 0.608. The van der Waals surface area contributed by atoms with Crippen LogP contribution in [-0.4, -0.2) is 18.9 Å². The molecule has 0 aliphatic carbocycles. The van der Waals surface area contributed by atoms with Gasteiger partial charge in [-0.2, -0.15) is 0 Å². The summed E-state index contributed by atoms with van der Waals surface area (Å²) in [6.07, 6.45) is 0.890. The fourth-order valence-corrected chi connectivity index (χ4v) is 2.56. The average molecular weight is 265 g/mol. The lowest BCUT2D eigenvalue weighted by Gasteiger charge is -2.22. The van der Waals surface area contributed by atoms with E-state index in [2.05, 4.69) is 76.5 Å². The maximum atomic E-state index is 4.56. The smallest absolute Gasteiger partial charge is 0.111 e. The van der Waals surface area contributed by atoms with E-state index >= 15 is 0 Å². The second kappa shape index (κ2) is 6.35. The average Bonchev–Trinajstić information content (AvgIpc) is 2.55. The van der Waals surface area contributed by atoms with E-state index in [0.29, 0.717) is 5.92 Å². The molecule has 3 heteroatoms. The largest absolute Gasteiger partial charge is 0.310 e. The molecule has 3 nitrogen and oxygen atoms in total. The Morgan fingerprint density at radius 1 is 0.900 bits per heavy atom. The standard InChI is InChI=1S/C17H19N3/c1-3-7-14(8-4-1)16(15-9-5-2-6-10-15)13-17-18-11-12-19-20-17/h1-10,16,19H,11-13H2,(H,18,20). The topological polar surface area (TPSA) is 36.4 Å². The van der Waals surface area contributed by atoms with Crippen LogP contribution in [0, 0.1) is 0 Å². The Hall–Kier alpha value is -2.13. The predicted octanol–water partition coefficient (Wildman–Crippen LogP) is 2.71. The normalized spacial score (nSPS) is 14.8. The minimum absolute atomic E-state index is 0.337. The van der Waals surface area contributed by atoms with Gasteiger partial charge in [0.1, 0.15) is 5.84 Å². The summed E-state index contributed by atoms with van der Waals surface area (Å²) in [5.74, 6) is 1.37. The van der Waals surface area contributed by atoms with Crippen molar-refractivity contribution in [2.45, 2.75) is 12.3 Å². The Bertz CT molecular complexity index is 524. The molecule has 20 heavy (non-hydrogen) atoms. The summed E-state index contributed by atoms with van der Waals surface area (Å²) in [5.41, 5.74) is 9.01. The van der Waals surface area contributed by atoms with Crippen molar-refractivity contribution < 1.29 is 0 Å². The zero-order chi connectivity index (χ0) is 13.6. The van der Waals surface area contributed by atoms with Gasteiger partial charge in [0, 0.05) is 18.9 Å². The summed E-state index contributed by atoms with van der Waals surface area (Å²) >= 11 is 0. The first-order valence-electron chi connectivity index (χ1n) is 7.05. The molecule has 0 aromatic heterocycles. The number of nitrogens with zero attached hydrogens (tertiary/aromatic N) is 1. The van der Waals surface area contributed by atoms with Crippen LogP contribution in [0.3, 0.4) is 0 Å². The van der Waals surface area contributed by atoms with Crippen molar-refractivity contribution in [1.82, 2.24) is 10.9 Å². The predicted molar refractivity (Wildman–Crippen MR) is 82.8 cm³/mol. The van der Waals surface area contributed by atoms with E-state index in [1.807, 2.05) is 0 Å². The summed E-state index contributed by atoms with van der Waals surface area (Å²) < 4.78 is 0. The SMILES string of the molecule is c1ccc(C(CC2=NCCNN2)c2ccccc2)cc1. The van der Waals surface area contributed by atoms with Crippen molar-refractivity contribution in [2.24, 2.45) is 4.99 Å². The van der Waals surface area contributed by atoms with Gasteiger partial charge in [-0.3, -0.25) is 4.99 Å². The lowest BCUT2D eigenvalue weighted by atomic mass is 9.88. The molecule has 1 heterocycles. The monoisotopic (exact) mass is 265 g/mol. The van der Waals surface area contributed by atoms with Gasteiger partial charge in [-0.25, -0.2) is 5.43 Å². The van der Waals surface area contributed by atoms with Crippen LogP contribution in [0.4, 0.5) is 0 Å². The third kappa shape index (κ3) is 3.06. The molecule has 0 saturated heterocycles. The highest BCUT2D eigenvalue weighted by Gasteiger charge is 2.17. The maximum absolute atomic E-state index is 4.56. The molecule has 3 rings (SSSR count). The van der Waals surface area contributed by atoms with Gasteiger partial charge < -0.3 is 5.43 Å². The number of nitrogens with one attached hydrogen (secondary N) is 2. The summed E-state index contributed by atoms with van der Waals surface area (Å²) in [6, 6.07) is 21.3. The molecule has 0 bridgehead atoms. The molecule has 0 radical (unpaired) electrons. The Balaban J connectivity index is 1.89. The molecule has 0 atom stereocenters. The van der Waals surface area contributed by atoms with E-state index < -0.39 is 0 Å².